The lowest BCUT2D eigenvalue weighted by Gasteiger charge is -2.48. The van der Waals surface area contributed by atoms with Crippen molar-refractivity contribution in [1.29, 1.82) is 0 Å². The predicted octanol–water partition coefficient (Wildman–Crippen LogP) is 6.20. The summed E-state index contributed by atoms with van der Waals surface area (Å²) in [6.45, 7) is 4.96. The molecule has 44 heavy (non-hydrogen) atoms. The molecule has 1 aliphatic heterocycles. The second-order valence-corrected chi connectivity index (χ2v) is 13.1. The molecule has 0 spiro atoms. The highest BCUT2D eigenvalue weighted by atomic mass is 32.3. The third-order valence-corrected chi connectivity index (χ3v) is 9.60. The normalized spacial score (nSPS) is 17.0. The number of hydrogen-bond donors (Lipinski definition) is 6. The van der Waals surface area contributed by atoms with E-state index in [2.05, 4.69) is 16.0 Å². The summed E-state index contributed by atoms with van der Waals surface area (Å²) in [7, 11) is -3.03. The monoisotopic (exact) mass is 634 g/mol. The summed E-state index contributed by atoms with van der Waals surface area (Å²) in [6.07, 6.45) is -3.71. The maximum atomic E-state index is 13.7. The van der Waals surface area contributed by atoms with Crippen molar-refractivity contribution < 1.29 is 32.2 Å². The zero-order valence-corrected chi connectivity index (χ0v) is 25.7. The van der Waals surface area contributed by atoms with Crippen LogP contribution in [0.5, 0.6) is 0 Å². The molecule has 4 rings (SSSR count). The SMILES string of the molecule is CCNc1cc(C(=O)N[C@@H](Cc2ccccc2)[C@H](O)CNCc2cccc(C(F)(F)F)c2)cc(N2CCCCS2(O)O)c1C. The predicted molar refractivity (Wildman–Crippen MR) is 170 cm³/mol. The molecule has 0 radical (unpaired) electrons. The number of aliphatic hydroxyl groups excluding tert-OH is 1. The summed E-state index contributed by atoms with van der Waals surface area (Å²) >= 11 is 0. The minimum Gasteiger partial charge on any atom is -0.390 e. The van der Waals surface area contributed by atoms with Crippen LogP contribution in [0.15, 0.2) is 66.7 Å². The lowest BCUT2D eigenvalue weighted by Crippen LogP contribution is -2.48. The number of carbonyl (C=O) groups is 1. The first kappa shape index (κ1) is 33.6. The Bertz CT molecular complexity index is 1410. The van der Waals surface area contributed by atoms with Crippen molar-refractivity contribution in [1.82, 2.24) is 10.6 Å². The van der Waals surface area contributed by atoms with E-state index in [1.165, 1.54) is 6.07 Å². The molecule has 2 atom stereocenters. The summed E-state index contributed by atoms with van der Waals surface area (Å²) in [5.41, 5.74) is 2.91. The molecule has 0 aromatic heterocycles. The fourth-order valence-corrected chi connectivity index (χ4v) is 7.05. The van der Waals surface area contributed by atoms with Crippen molar-refractivity contribution in [3.63, 3.8) is 0 Å². The first-order valence-corrected chi connectivity index (χ1v) is 16.4. The van der Waals surface area contributed by atoms with E-state index in [1.54, 1.807) is 22.5 Å². The third-order valence-electron chi connectivity index (χ3n) is 7.68. The van der Waals surface area contributed by atoms with Gasteiger partial charge in [0.15, 0.2) is 0 Å². The van der Waals surface area contributed by atoms with Crippen molar-refractivity contribution in [3.05, 3.63) is 94.5 Å². The Kier molecular flexibility index (Phi) is 11.2. The smallest absolute Gasteiger partial charge is 0.390 e. The minimum absolute atomic E-state index is 0.0183. The van der Waals surface area contributed by atoms with Crippen molar-refractivity contribution >= 4 is 28.1 Å². The second kappa shape index (κ2) is 14.7. The molecule has 12 heteroatoms. The molecule has 0 saturated carbocycles. The van der Waals surface area contributed by atoms with Crippen LogP contribution in [0.4, 0.5) is 24.5 Å². The first-order valence-electron chi connectivity index (χ1n) is 14.7. The highest BCUT2D eigenvalue weighted by Gasteiger charge is 2.31. The average Bonchev–Trinajstić information content (AvgIpc) is 2.98. The van der Waals surface area contributed by atoms with Crippen LogP contribution in [0.25, 0.3) is 0 Å². The average molecular weight is 635 g/mol. The number of nitrogens with zero attached hydrogens (tertiary/aromatic N) is 1. The van der Waals surface area contributed by atoms with Gasteiger partial charge in [0.05, 0.1) is 29.1 Å². The van der Waals surface area contributed by atoms with E-state index in [0.29, 0.717) is 48.4 Å². The quantitative estimate of drug-likeness (QED) is 0.140. The maximum Gasteiger partial charge on any atom is 0.416 e. The summed E-state index contributed by atoms with van der Waals surface area (Å²) in [5.74, 6) is -0.185. The van der Waals surface area contributed by atoms with Gasteiger partial charge in [-0.25, -0.2) is 0 Å². The molecule has 1 fully saturated rings. The molecular formula is C32H41F3N4O4S. The summed E-state index contributed by atoms with van der Waals surface area (Å²) in [4.78, 5) is 13.7. The first-order chi connectivity index (χ1) is 20.9. The van der Waals surface area contributed by atoms with E-state index in [-0.39, 0.29) is 18.8 Å². The van der Waals surface area contributed by atoms with Crippen LogP contribution < -0.4 is 20.3 Å². The highest BCUT2D eigenvalue weighted by molar-refractivity contribution is 8.25. The van der Waals surface area contributed by atoms with Crippen molar-refractivity contribution in [2.75, 3.05) is 35.0 Å². The number of anilines is 2. The van der Waals surface area contributed by atoms with E-state index in [4.69, 9.17) is 0 Å². The van der Waals surface area contributed by atoms with Gasteiger partial charge < -0.3 is 21.1 Å². The van der Waals surface area contributed by atoms with Crippen LogP contribution in [0.2, 0.25) is 0 Å². The fraction of sp³-hybridized carbons (Fsp3) is 0.406. The number of benzene rings is 3. The number of nitrogens with one attached hydrogen (secondary N) is 3. The van der Waals surface area contributed by atoms with E-state index in [1.807, 2.05) is 44.2 Å². The number of rotatable bonds is 12. The van der Waals surface area contributed by atoms with Gasteiger partial charge in [-0.15, -0.1) is 10.8 Å². The number of hydrogen-bond acceptors (Lipinski definition) is 7. The highest BCUT2D eigenvalue weighted by Crippen LogP contribution is 2.51. The number of amides is 1. The van der Waals surface area contributed by atoms with Gasteiger partial charge >= 0.3 is 6.18 Å². The Hall–Kier alpha value is -3.29. The molecule has 0 unspecified atom stereocenters. The van der Waals surface area contributed by atoms with E-state index in [0.717, 1.165) is 29.7 Å². The van der Waals surface area contributed by atoms with Crippen LogP contribution in [0.3, 0.4) is 0 Å². The number of aliphatic hydroxyl groups is 1. The number of halogens is 3. The minimum atomic E-state index is -4.45. The molecule has 0 aliphatic carbocycles. The zero-order chi connectivity index (χ0) is 31.9. The maximum absolute atomic E-state index is 13.7. The number of carbonyl (C=O) groups excluding carboxylic acids is 1. The van der Waals surface area contributed by atoms with Crippen LogP contribution >= 0.6 is 10.8 Å². The molecule has 1 amide bonds. The van der Waals surface area contributed by atoms with Crippen molar-refractivity contribution in [3.8, 4) is 0 Å². The van der Waals surface area contributed by atoms with Gasteiger partial charge in [0.1, 0.15) is 0 Å². The Morgan fingerprint density at radius 2 is 1.75 bits per heavy atom. The molecule has 240 valence electrons. The Balaban J connectivity index is 1.55. The van der Waals surface area contributed by atoms with Gasteiger partial charge in [-0.3, -0.25) is 18.2 Å². The summed E-state index contributed by atoms with van der Waals surface area (Å²) < 4.78 is 62.6. The molecule has 3 aromatic carbocycles. The van der Waals surface area contributed by atoms with Crippen LogP contribution in [-0.4, -0.2) is 57.7 Å². The molecule has 0 bridgehead atoms. The van der Waals surface area contributed by atoms with E-state index < -0.39 is 40.6 Å². The summed E-state index contributed by atoms with van der Waals surface area (Å²) in [5, 5.41) is 20.4. The van der Waals surface area contributed by atoms with Crippen molar-refractivity contribution in [2.24, 2.45) is 0 Å². The van der Waals surface area contributed by atoms with Gasteiger partial charge in [-0.05, 0) is 68.0 Å². The third kappa shape index (κ3) is 8.66. The molecule has 1 aliphatic rings. The Labute approximate surface area is 258 Å². The largest absolute Gasteiger partial charge is 0.416 e. The molecule has 8 nitrogen and oxygen atoms in total. The van der Waals surface area contributed by atoms with E-state index >= 15 is 0 Å². The van der Waals surface area contributed by atoms with Gasteiger partial charge in [-0.1, -0.05) is 48.5 Å². The Morgan fingerprint density at radius 1 is 1.02 bits per heavy atom. The van der Waals surface area contributed by atoms with E-state index in [9.17, 15) is 32.2 Å². The van der Waals surface area contributed by atoms with Gasteiger partial charge in [0.25, 0.3) is 5.91 Å². The topological polar surface area (TPSA) is 117 Å². The van der Waals surface area contributed by atoms with Gasteiger partial charge in [0.2, 0.25) is 0 Å². The Morgan fingerprint density at radius 3 is 2.43 bits per heavy atom. The fourth-order valence-electron chi connectivity index (χ4n) is 5.32. The number of alkyl halides is 3. The molecular weight excluding hydrogens is 593 g/mol. The lowest BCUT2D eigenvalue weighted by molar-refractivity contribution is -0.137. The van der Waals surface area contributed by atoms with Crippen LogP contribution in [0.1, 0.15) is 52.4 Å². The second-order valence-electron chi connectivity index (χ2n) is 11.0. The molecule has 1 saturated heterocycles. The summed E-state index contributed by atoms with van der Waals surface area (Å²) in [6, 6.07) is 17.0. The van der Waals surface area contributed by atoms with Crippen molar-refractivity contribution in [2.45, 2.75) is 58.0 Å². The van der Waals surface area contributed by atoms with Crippen LogP contribution in [0, 0.1) is 6.92 Å². The zero-order valence-electron chi connectivity index (χ0n) is 24.9. The lowest BCUT2D eigenvalue weighted by atomic mass is 9.99. The molecule has 3 aromatic rings. The van der Waals surface area contributed by atoms with Gasteiger partial charge in [-0.2, -0.15) is 13.2 Å². The van der Waals surface area contributed by atoms with Gasteiger partial charge in [0, 0.05) is 37.4 Å². The standard InChI is InChI=1S/C32H41F3N4O4S/c1-3-37-27-18-25(19-29(22(27)2)39-14-7-8-15-44(39,42)43)31(41)38-28(17-23-10-5-4-6-11-23)30(40)21-36-20-24-12-9-13-26(16-24)32(33,34)35/h4-6,9-13,16,18-19,28,30,36-37,40,42-43H,3,7-8,14-15,17,20-21H2,1-2H3,(H,38,41)/t28-,30+/m0/s1. The molecule has 1 heterocycles. The molecule has 6 N–H and O–H groups in total. The van der Waals surface area contributed by atoms with Crippen LogP contribution in [-0.2, 0) is 19.1 Å².